The van der Waals surface area contributed by atoms with Gasteiger partial charge in [0, 0.05) is 97.3 Å². The number of aliphatic hydroxyl groups is 1. The monoisotopic (exact) mass is 1610 g/mol. The number of hydrogen-bond donors (Lipinski definition) is 4. The molecule has 13 aromatic rings. The van der Waals surface area contributed by atoms with Crippen LogP contribution in [0, 0.1) is 21.3 Å². The highest BCUT2D eigenvalue weighted by Gasteiger charge is 2.36. The lowest BCUT2D eigenvalue weighted by Gasteiger charge is -2.23. The number of para-hydroxylation sites is 2. The molecule has 0 atom stereocenters. The summed E-state index contributed by atoms with van der Waals surface area (Å²) in [5, 5.41) is 35.9. The Bertz CT molecular complexity index is 6430. The van der Waals surface area contributed by atoms with Crippen LogP contribution in [-0.4, -0.2) is 51.6 Å². The van der Waals surface area contributed by atoms with E-state index in [0.717, 1.165) is 116 Å². The van der Waals surface area contributed by atoms with E-state index in [1.165, 1.54) is 58.7 Å². The predicted octanol–water partition coefficient (Wildman–Crippen LogP) is 24.2. The molecule has 1 aromatic heterocycles. The number of benzene rings is 13. The maximum absolute atomic E-state index is 13.7. The van der Waals surface area contributed by atoms with Gasteiger partial charge >= 0.3 is 11.9 Å². The molecule has 122 heavy (non-hydrogen) atoms. The number of carbonyl (C=O) groups is 5. The Kier molecular flexibility index (Phi) is 27.5. The lowest BCUT2D eigenvalue weighted by Crippen LogP contribution is -2.70. The second-order valence-electron chi connectivity index (χ2n) is 30.6. The van der Waals surface area contributed by atoms with E-state index in [1.54, 1.807) is 42.5 Å². The van der Waals surface area contributed by atoms with Crippen molar-refractivity contribution in [3.05, 3.63) is 405 Å². The molecule has 15 heteroatoms. The first-order chi connectivity index (χ1) is 58.8. The molecule has 1 aliphatic heterocycles. The molecule has 12 aromatic carbocycles. The van der Waals surface area contributed by atoms with Crippen LogP contribution in [0.2, 0.25) is 0 Å². The standard InChI is InChI=1S/C34H28N2O.C32H28O2.C23H19NO5.C17H18N2O2.CH3/c1-2-9-24-14-16-25(17-15-24)34-30-20-18-28(35-26-10-5-3-6-11-26)22-32(30)37-33-23-29(19-21-31(33)34)36-27-12-7-4-8-13-27;1-3-6-22-13-15-24(16-14-22)20-26-18-17-25(19-23-11-9-21(2)10-12-23)29-30(26)32(34)28-8-5-4-7-27(28)31(29)33;1-11(2)12-5-7-17-14(8-12)10-18(25)20(24-17)19-21(26)15-6-4-13(23(28)29-3)9-16(15)22(19)27;1-3-4-17(20)21-16-11-9-15(10-12-16)19-18-14-7-5-13(2)6-8-14;/h3-8,10-23,35H,2,9H2,1H3;4-5,7-18H,3,6,19-20H2,1-2H3;4-11,25,27H,1-3H3;5-12H,3-4H2,1-2H3;1H3/q;;;;-1/p+1. The third-order valence-corrected chi connectivity index (χ3v) is 21.3. The number of aliphatic hydroxyl groups excluding tert-OH is 1. The van der Waals surface area contributed by atoms with Crippen molar-refractivity contribution in [1.29, 1.82) is 0 Å². The number of methoxy groups -OCH3 is 1. The van der Waals surface area contributed by atoms with Gasteiger partial charge in [0.2, 0.25) is 11.0 Å². The molecule has 2 heterocycles. The smallest absolute Gasteiger partial charge is 0.337 e. The highest BCUT2D eigenvalue weighted by atomic mass is 16.5. The Balaban J connectivity index is 0.000000142. The van der Waals surface area contributed by atoms with E-state index in [9.17, 15) is 34.2 Å². The number of nitrogens with one attached hydrogen (secondary N) is 2. The van der Waals surface area contributed by atoms with Crippen molar-refractivity contribution in [3.63, 3.8) is 0 Å². The molecule has 4 N–H and O–H groups in total. The molecule has 0 spiro atoms. The van der Waals surface area contributed by atoms with Crippen LogP contribution in [-0.2, 0) is 35.2 Å². The van der Waals surface area contributed by atoms with Gasteiger partial charge in [-0.25, -0.2) is 14.8 Å². The number of aromatic nitrogens is 1. The molecule has 0 saturated carbocycles. The SMILES string of the molecule is CCCC(=O)Oc1ccc(N=Nc2ccc(C)cc2)cc1.CCCc1ccc(-c2c3ccc(=[NH+]c4ccccc4)cc-3oc3cc(Nc4ccccc4)ccc23)cc1.CCCc1ccc(Cc2ccc(Cc3ccc(C)cc3)c3c2C(=O)c2ccccc2C3=O)cc1.COC(=O)c1ccc2c(c1)C(O)=C(c1nc3ccc(C(C)C)cc3cc1O)C2=O.[CH3-]. The lowest BCUT2D eigenvalue weighted by atomic mass is 9.77. The number of azo groups is 1. The molecular weight excluding hydrogens is 1520 g/mol. The van der Waals surface area contributed by atoms with E-state index in [2.05, 4.69) is 198 Å². The van der Waals surface area contributed by atoms with Gasteiger partial charge < -0.3 is 36.8 Å². The molecule has 0 radical (unpaired) electrons. The summed E-state index contributed by atoms with van der Waals surface area (Å²) in [5.74, 6) is -0.175. The van der Waals surface area contributed by atoms with Crippen molar-refractivity contribution in [2.75, 3.05) is 12.4 Å². The normalized spacial score (nSPS) is 12.0. The fourth-order valence-corrected chi connectivity index (χ4v) is 15.0. The summed E-state index contributed by atoms with van der Waals surface area (Å²) in [6, 6.07) is 96.8. The van der Waals surface area contributed by atoms with E-state index < -0.39 is 11.8 Å². The maximum atomic E-state index is 13.7. The minimum atomic E-state index is -0.575. The number of ketones is 3. The van der Waals surface area contributed by atoms with Crippen LogP contribution in [0.5, 0.6) is 11.5 Å². The summed E-state index contributed by atoms with van der Waals surface area (Å²) in [7, 11) is 1.25. The zero-order chi connectivity index (χ0) is 84.6. The Hall–Kier alpha value is -14.6. The Morgan fingerprint density at radius 1 is 0.508 bits per heavy atom. The number of ether oxygens (including phenoxy) is 2. The number of aromatic hydroxyl groups is 1. The number of allylic oxidation sites excluding steroid dienone is 1. The molecule has 0 amide bonds. The first-order valence-electron chi connectivity index (χ1n) is 41.0. The number of pyridine rings is 1. The fourth-order valence-electron chi connectivity index (χ4n) is 15.0. The minimum absolute atomic E-state index is 0. The molecule has 3 aliphatic carbocycles. The Labute approximate surface area is 711 Å². The van der Waals surface area contributed by atoms with Gasteiger partial charge in [0.05, 0.1) is 41.2 Å². The van der Waals surface area contributed by atoms with Crippen LogP contribution in [0.3, 0.4) is 0 Å². The summed E-state index contributed by atoms with van der Waals surface area (Å²) in [5.41, 5.74) is 22.5. The summed E-state index contributed by atoms with van der Waals surface area (Å²) in [6.45, 7) is 14.6. The predicted molar refractivity (Wildman–Crippen MR) is 487 cm³/mol. The topological polar surface area (TPSA) is 221 Å². The highest BCUT2D eigenvalue weighted by molar-refractivity contribution is 6.39. The Morgan fingerprint density at radius 2 is 1.06 bits per heavy atom. The van der Waals surface area contributed by atoms with Gasteiger partial charge in [-0.05, 0) is 200 Å². The van der Waals surface area contributed by atoms with Gasteiger partial charge in [-0.3, -0.25) is 19.2 Å². The van der Waals surface area contributed by atoms with Crippen LogP contribution >= 0.6 is 0 Å². The summed E-state index contributed by atoms with van der Waals surface area (Å²) in [6.07, 6.45) is 6.87. The average molecular weight is 1610 g/mol. The number of anilines is 2. The van der Waals surface area contributed by atoms with Gasteiger partial charge in [-0.1, -0.05) is 222 Å². The van der Waals surface area contributed by atoms with Gasteiger partial charge in [0.1, 0.15) is 34.3 Å². The van der Waals surface area contributed by atoms with E-state index in [4.69, 9.17) is 9.15 Å². The molecule has 0 bridgehead atoms. The van der Waals surface area contributed by atoms with Crippen molar-refractivity contribution in [3.8, 4) is 33.9 Å². The molecular formula is C107H97N5O10. The van der Waals surface area contributed by atoms with E-state index in [0.29, 0.717) is 64.4 Å². The number of rotatable bonds is 20. The number of Topliss-reactive ketones (excluding diaryl/α,β-unsaturated/α-hetero) is 1. The molecule has 4 aliphatic rings. The van der Waals surface area contributed by atoms with Crippen molar-refractivity contribution in [1.82, 2.24) is 4.98 Å². The average Bonchev–Trinajstić information content (AvgIpc) is 0.929. The third kappa shape index (κ3) is 20.1. The zero-order valence-corrected chi connectivity index (χ0v) is 70.0. The first-order valence-corrected chi connectivity index (χ1v) is 41.0. The molecule has 0 unspecified atom stereocenters. The van der Waals surface area contributed by atoms with Gasteiger partial charge in [-0.15, -0.1) is 0 Å². The molecule has 0 fully saturated rings. The van der Waals surface area contributed by atoms with Gasteiger partial charge in [0.15, 0.2) is 17.3 Å². The number of hydrogen-bond acceptors (Lipinski definition) is 14. The largest absolute Gasteiger partial charge is 0.506 e. The van der Waals surface area contributed by atoms with E-state index in [-0.39, 0.29) is 64.4 Å². The molecule has 17 rings (SSSR count). The molecule has 15 nitrogen and oxygen atoms in total. The van der Waals surface area contributed by atoms with Crippen molar-refractivity contribution in [2.24, 2.45) is 10.2 Å². The Morgan fingerprint density at radius 3 is 1.65 bits per heavy atom. The summed E-state index contributed by atoms with van der Waals surface area (Å²) >= 11 is 0. The van der Waals surface area contributed by atoms with Gasteiger partial charge in [-0.2, -0.15) is 10.2 Å². The maximum Gasteiger partial charge on any atom is 0.337 e. The number of aryl methyl sites for hydroxylation is 4. The van der Waals surface area contributed by atoms with Crippen LogP contribution in [0.1, 0.15) is 180 Å². The van der Waals surface area contributed by atoms with Crippen molar-refractivity contribution < 1.29 is 53.1 Å². The molecule has 0 saturated heterocycles. The highest BCUT2D eigenvalue weighted by Crippen LogP contribution is 2.44. The van der Waals surface area contributed by atoms with Crippen LogP contribution in [0.15, 0.2) is 312 Å². The van der Waals surface area contributed by atoms with Gasteiger partial charge in [0.25, 0.3) is 0 Å². The van der Waals surface area contributed by atoms with Crippen LogP contribution in [0.4, 0.5) is 28.4 Å². The minimum Gasteiger partial charge on any atom is -0.506 e. The van der Waals surface area contributed by atoms with E-state index >= 15 is 0 Å². The number of fused-ring (bicyclic) bond motifs is 6. The third-order valence-electron chi connectivity index (χ3n) is 21.3. The lowest BCUT2D eigenvalue weighted by molar-refractivity contribution is -0.402. The summed E-state index contributed by atoms with van der Waals surface area (Å²) < 4.78 is 16.4. The quantitative estimate of drug-likeness (QED) is 0.0184. The number of nitrogens with zero attached hydrogens (tertiary/aromatic N) is 3. The second-order valence-corrected chi connectivity index (χ2v) is 30.6. The van der Waals surface area contributed by atoms with Crippen LogP contribution < -0.4 is 20.4 Å². The number of esters is 2. The fraction of sp³-hybridized carbons (Fsp3) is 0.159. The van der Waals surface area contributed by atoms with E-state index in [1.807, 2.05) is 117 Å². The first kappa shape index (κ1) is 85.3. The number of carbonyl (C=O) groups excluding carboxylic acids is 5. The zero-order valence-electron chi connectivity index (χ0n) is 70.0. The van der Waals surface area contributed by atoms with Crippen molar-refractivity contribution in [2.45, 2.75) is 106 Å². The molecule has 610 valence electrons. The van der Waals surface area contributed by atoms with Crippen molar-refractivity contribution >= 4 is 90.9 Å². The van der Waals surface area contributed by atoms with Crippen LogP contribution in [0.25, 0.3) is 55.7 Å². The second kappa shape index (κ2) is 39.3. The summed E-state index contributed by atoms with van der Waals surface area (Å²) in [4.78, 5) is 71.4.